The van der Waals surface area contributed by atoms with Gasteiger partial charge >= 0.3 is 0 Å². The summed E-state index contributed by atoms with van der Waals surface area (Å²) in [5, 5.41) is 0. The number of carbonyl (C=O) groups is 1. The molecular formula is C21H24N4O3. The summed E-state index contributed by atoms with van der Waals surface area (Å²) in [6, 6.07) is 10.0. The molecule has 0 aliphatic carbocycles. The third-order valence-electron chi connectivity index (χ3n) is 6.11. The molecule has 1 aromatic heterocycles. The van der Waals surface area contributed by atoms with Crippen LogP contribution in [0.4, 0.5) is 0 Å². The summed E-state index contributed by atoms with van der Waals surface area (Å²) in [5.41, 5.74) is 8.78. The van der Waals surface area contributed by atoms with Gasteiger partial charge in [0.2, 0.25) is 6.79 Å². The van der Waals surface area contributed by atoms with E-state index in [1.165, 1.54) is 5.56 Å². The third-order valence-corrected chi connectivity index (χ3v) is 6.11. The van der Waals surface area contributed by atoms with Crippen molar-refractivity contribution in [2.45, 2.75) is 24.8 Å². The van der Waals surface area contributed by atoms with Crippen LogP contribution >= 0.6 is 0 Å². The number of aromatic nitrogens is 1. The van der Waals surface area contributed by atoms with E-state index in [1.807, 2.05) is 29.4 Å². The molecule has 3 aliphatic rings. The summed E-state index contributed by atoms with van der Waals surface area (Å²) in [7, 11) is 0. The molecule has 7 heteroatoms. The van der Waals surface area contributed by atoms with Crippen molar-refractivity contribution in [2.75, 3.05) is 26.4 Å². The number of nitrogens with one attached hydrogen (secondary N) is 2. The van der Waals surface area contributed by atoms with Gasteiger partial charge in [-0.25, -0.2) is 0 Å². The summed E-state index contributed by atoms with van der Waals surface area (Å²) < 4.78 is 10.7. The maximum atomic E-state index is 12.9. The molecule has 0 spiro atoms. The maximum Gasteiger partial charge on any atom is 0.253 e. The minimum Gasteiger partial charge on any atom is -0.454 e. The van der Waals surface area contributed by atoms with E-state index >= 15 is 0 Å². The first-order valence-corrected chi connectivity index (χ1v) is 9.87. The van der Waals surface area contributed by atoms with Crippen LogP contribution in [-0.4, -0.2) is 48.3 Å². The van der Waals surface area contributed by atoms with Crippen LogP contribution in [-0.2, 0) is 0 Å². The zero-order valence-electron chi connectivity index (χ0n) is 15.6. The lowest BCUT2D eigenvalue weighted by Gasteiger charge is -2.36. The van der Waals surface area contributed by atoms with E-state index in [9.17, 15) is 4.79 Å². The van der Waals surface area contributed by atoms with Gasteiger partial charge in [-0.2, -0.15) is 0 Å². The van der Waals surface area contributed by atoms with Crippen molar-refractivity contribution in [2.24, 2.45) is 5.92 Å². The molecule has 1 amide bonds. The minimum absolute atomic E-state index is 0.0694. The Labute approximate surface area is 164 Å². The SMILES string of the molecule is O=C(c1ccc2c(c1)OCO2)N1CCC(C2NNCC2c2ccncc2)CC1. The van der Waals surface area contributed by atoms with Crippen molar-refractivity contribution in [3.05, 3.63) is 53.9 Å². The van der Waals surface area contributed by atoms with Crippen LogP contribution < -0.4 is 20.3 Å². The smallest absolute Gasteiger partial charge is 0.253 e. The number of piperidine rings is 1. The molecule has 2 atom stereocenters. The van der Waals surface area contributed by atoms with Crippen molar-refractivity contribution in [1.29, 1.82) is 0 Å². The maximum absolute atomic E-state index is 12.9. The van der Waals surface area contributed by atoms with Crippen LogP contribution in [0.25, 0.3) is 0 Å². The van der Waals surface area contributed by atoms with E-state index in [0.29, 0.717) is 34.9 Å². The fourth-order valence-corrected chi connectivity index (χ4v) is 4.57. The van der Waals surface area contributed by atoms with Gasteiger partial charge in [0.1, 0.15) is 0 Å². The second kappa shape index (κ2) is 7.41. The van der Waals surface area contributed by atoms with Crippen molar-refractivity contribution < 1.29 is 14.3 Å². The van der Waals surface area contributed by atoms with Gasteiger partial charge < -0.3 is 14.4 Å². The Kier molecular flexibility index (Phi) is 4.62. The second-order valence-electron chi connectivity index (χ2n) is 7.64. The number of likely N-dealkylation sites (tertiary alicyclic amines) is 1. The van der Waals surface area contributed by atoms with E-state index in [-0.39, 0.29) is 12.7 Å². The number of amides is 1. The van der Waals surface area contributed by atoms with Crippen molar-refractivity contribution in [1.82, 2.24) is 20.7 Å². The van der Waals surface area contributed by atoms with Crippen LogP contribution in [0, 0.1) is 5.92 Å². The third kappa shape index (κ3) is 3.21. The Balaban J connectivity index is 1.23. The molecule has 0 bridgehead atoms. The predicted molar refractivity (Wildman–Crippen MR) is 103 cm³/mol. The topological polar surface area (TPSA) is 75.7 Å². The Hall–Kier alpha value is -2.64. The summed E-state index contributed by atoms with van der Waals surface area (Å²) in [5.74, 6) is 2.40. The number of pyridine rings is 1. The molecule has 7 nitrogen and oxygen atoms in total. The minimum atomic E-state index is 0.0694. The van der Waals surface area contributed by atoms with Crippen molar-refractivity contribution in [3.8, 4) is 11.5 Å². The highest BCUT2D eigenvalue weighted by Crippen LogP contribution is 2.34. The first-order chi connectivity index (χ1) is 13.8. The molecule has 2 aromatic rings. The van der Waals surface area contributed by atoms with Gasteiger partial charge in [-0.3, -0.25) is 20.6 Å². The normalized spacial score (nSPS) is 24.5. The summed E-state index contributed by atoms with van der Waals surface area (Å²) in [4.78, 5) is 19.0. The van der Waals surface area contributed by atoms with E-state index in [2.05, 4.69) is 28.0 Å². The van der Waals surface area contributed by atoms with Gasteiger partial charge in [0, 0.05) is 49.6 Å². The number of rotatable bonds is 3. The number of benzene rings is 1. The quantitative estimate of drug-likeness (QED) is 0.847. The highest BCUT2D eigenvalue weighted by atomic mass is 16.7. The van der Waals surface area contributed by atoms with Crippen LogP contribution in [0.5, 0.6) is 11.5 Å². The number of hydrogen-bond acceptors (Lipinski definition) is 6. The lowest BCUT2D eigenvalue weighted by molar-refractivity contribution is 0.0669. The van der Waals surface area contributed by atoms with E-state index in [0.717, 1.165) is 32.5 Å². The van der Waals surface area contributed by atoms with Gasteiger partial charge in [0.25, 0.3) is 5.91 Å². The van der Waals surface area contributed by atoms with Gasteiger partial charge in [-0.05, 0) is 54.7 Å². The number of hydrazine groups is 1. The molecule has 2 N–H and O–H groups in total. The fraction of sp³-hybridized carbons (Fsp3) is 0.429. The van der Waals surface area contributed by atoms with Crippen LogP contribution in [0.3, 0.4) is 0 Å². The van der Waals surface area contributed by atoms with Crippen LogP contribution in [0.1, 0.15) is 34.7 Å². The highest BCUT2D eigenvalue weighted by Gasteiger charge is 2.37. The van der Waals surface area contributed by atoms with Crippen LogP contribution in [0.2, 0.25) is 0 Å². The molecule has 1 aromatic carbocycles. The van der Waals surface area contributed by atoms with E-state index in [1.54, 1.807) is 6.07 Å². The predicted octanol–water partition coefficient (Wildman–Crippen LogP) is 1.92. The first kappa shape index (κ1) is 17.5. The molecule has 0 radical (unpaired) electrons. The molecular weight excluding hydrogens is 356 g/mol. The molecule has 2 unspecified atom stereocenters. The molecule has 0 saturated carbocycles. The number of fused-ring (bicyclic) bond motifs is 1. The van der Waals surface area contributed by atoms with Crippen molar-refractivity contribution in [3.63, 3.8) is 0 Å². The molecule has 28 heavy (non-hydrogen) atoms. The number of carbonyl (C=O) groups excluding carboxylic acids is 1. The van der Waals surface area contributed by atoms with Gasteiger partial charge in [0.15, 0.2) is 11.5 Å². The fourth-order valence-electron chi connectivity index (χ4n) is 4.57. The standard InChI is InChI=1S/C21H24N4O3/c26-21(16-1-2-18-19(11-16)28-13-27-18)25-9-5-15(6-10-25)20-17(12-23-24-20)14-3-7-22-8-4-14/h1-4,7-8,11,15,17,20,23-24H,5-6,9-10,12-13H2. The Morgan fingerprint density at radius 2 is 1.86 bits per heavy atom. The average molecular weight is 380 g/mol. The van der Waals surface area contributed by atoms with Gasteiger partial charge in [-0.1, -0.05) is 0 Å². The first-order valence-electron chi connectivity index (χ1n) is 9.87. The number of ether oxygens (including phenoxy) is 2. The molecule has 5 rings (SSSR count). The van der Waals surface area contributed by atoms with Crippen LogP contribution in [0.15, 0.2) is 42.7 Å². The largest absolute Gasteiger partial charge is 0.454 e. The summed E-state index contributed by atoms with van der Waals surface area (Å²) in [6.07, 6.45) is 5.71. The molecule has 3 aliphatic heterocycles. The number of hydrogen-bond donors (Lipinski definition) is 2. The summed E-state index contributed by atoms with van der Waals surface area (Å²) >= 11 is 0. The van der Waals surface area contributed by atoms with Gasteiger partial charge in [0.05, 0.1) is 0 Å². The molecule has 2 saturated heterocycles. The van der Waals surface area contributed by atoms with Crippen molar-refractivity contribution >= 4 is 5.91 Å². The zero-order chi connectivity index (χ0) is 18.9. The molecule has 2 fully saturated rings. The molecule has 146 valence electrons. The average Bonchev–Trinajstić information content (AvgIpc) is 3.43. The number of nitrogens with zero attached hydrogens (tertiary/aromatic N) is 2. The molecule has 4 heterocycles. The lowest BCUT2D eigenvalue weighted by Crippen LogP contribution is -2.45. The second-order valence-corrected chi connectivity index (χ2v) is 7.64. The van der Waals surface area contributed by atoms with Gasteiger partial charge in [-0.15, -0.1) is 0 Å². The Morgan fingerprint density at radius 1 is 1.07 bits per heavy atom. The Morgan fingerprint density at radius 3 is 2.68 bits per heavy atom. The summed E-state index contributed by atoms with van der Waals surface area (Å²) in [6.45, 7) is 2.70. The highest BCUT2D eigenvalue weighted by molar-refractivity contribution is 5.95. The zero-order valence-corrected chi connectivity index (χ0v) is 15.6. The Bertz CT molecular complexity index is 852. The van der Waals surface area contributed by atoms with E-state index < -0.39 is 0 Å². The monoisotopic (exact) mass is 380 g/mol. The van der Waals surface area contributed by atoms with E-state index in [4.69, 9.17) is 9.47 Å². The lowest BCUT2D eigenvalue weighted by atomic mass is 9.80.